The molecule has 0 bridgehead atoms. The number of carbonyl (C=O) groups is 3. The molecule has 0 aromatic rings. The van der Waals surface area contributed by atoms with Gasteiger partial charge in [-0.1, -0.05) is 329 Å². The van der Waals surface area contributed by atoms with Crippen molar-refractivity contribution in [2.75, 3.05) is 47.5 Å². The Morgan fingerprint density at radius 2 is 0.626 bits per heavy atom. The molecule has 0 saturated carbocycles. The fourth-order valence-electron chi connectivity index (χ4n) is 10.7. The second-order valence-electron chi connectivity index (χ2n) is 26.6. The molecule has 0 aliphatic carbocycles. The van der Waals surface area contributed by atoms with Crippen LogP contribution in [0.25, 0.3) is 0 Å². The first kappa shape index (κ1) is 87.0. The van der Waals surface area contributed by atoms with Gasteiger partial charge in [-0.2, -0.15) is 0 Å². The third-order valence-electron chi connectivity index (χ3n) is 16.5. The number of rotatable bonds is 70. The largest absolute Gasteiger partial charge is 0.477 e. The molecular weight excluding hydrogens is 1130 g/mol. The second kappa shape index (κ2) is 71.8. The maximum atomic E-state index is 13.0. The van der Waals surface area contributed by atoms with Crippen molar-refractivity contribution < 1.29 is 42.9 Å². The summed E-state index contributed by atoms with van der Waals surface area (Å²) in [7, 11) is 5.98. The number of hydrogen-bond donors (Lipinski definition) is 1. The fourth-order valence-corrected chi connectivity index (χ4v) is 10.7. The maximum absolute atomic E-state index is 13.0. The number of unbranched alkanes of at least 4 members (excludes halogenated alkanes) is 37. The molecule has 0 spiro atoms. The summed E-state index contributed by atoms with van der Waals surface area (Å²) in [6.07, 6.45) is 97.9. The van der Waals surface area contributed by atoms with Crippen molar-refractivity contribution in [2.45, 2.75) is 347 Å². The molecule has 1 N–H and O–H groups in total. The third-order valence-corrected chi connectivity index (χ3v) is 16.5. The fraction of sp³-hybridized carbons (Fsp3) is 0.744. The summed E-state index contributed by atoms with van der Waals surface area (Å²) in [6, 6.07) is 0. The molecule has 0 radical (unpaired) electrons. The highest BCUT2D eigenvalue weighted by atomic mass is 16.7. The zero-order valence-electron chi connectivity index (χ0n) is 60.0. The Balaban J connectivity index is 4.02. The van der Waals surface area contributed by atoms with Crippen LogP contribution in [0.4, 0.5) is 0 Å². The first-order valence-electron chi connectivity index (χ1n) is 38.1. The van der Waals surface area contributed by atoms with Gasteiger partial charge in [0, 0.05) is 12.8 Å². The predicted molar refractivity (Wildman–Crippen MR) is 392 cm³/mol. The van der Waals surface area contributed by atoms with E-state index in [1.165, 1.54) is 218 Å². The number of likely N-dealkylation sites (N-methyl/N-ethyl adjacent to an activating group) is 1. The maximum Gasteiger partial charge on any atom is 0.361 e. The van der Waals surface area contributed by atoms with Gasteiger partial charge in [0.25, 0.3) is 6.29 Å². The van der Waals surface area contributed by atoms with E-state index in [-0.39, 0.29) is 32.2 Å². The van der Waals surface area contributed by atoms with Gasteiger partial charge in [0.15, 0.2) is 6.10 Å². The minimum atomic E-state index is -1.51. The number of carboxylic acids is 1. The summed E-state index contributed by atoms with van der Waals surface area (Å²) in [6.45, 7) is 4.78. The van der Waals surface area contributed by atoms with Crippen molar-refractivity contribution in [1.29, 1.82) is 0 Å². The van der Waals surface area contributed by atoms with Gasteiger partial charge in [0.2, 0.25) is 0 Å². The Morgan fingerprint density at radius 1 is 0.341 bits per heavy atom. The number of carboxylic acid groups (broad SMARTS) is 1. The average molecular weight is 1270 g/mol. The van der Waals surface area contributed by atoms with Gasteiger partial charge in [-0.05, 0) is 103 Å². The van der Waals surface area contributed by atoms with E-state index in [9.17, 15) is 19.5 Å². The number of esters is 2. The van der Waals surface area contributed by atoms with Crippen molar-refractivity contribution in [3.8, 4) is 0 Å². The topological polar surface area (TPSA) is 108 Å². The molecule has 0 amide bonds. The van der Waals surface area contributed by atoms with E-state index in [4.69, 9.17) is 18.9 Å². The van der Waals surface area contributed by atoms with E-state index in [2.05, 4.69) is 123 Å². The van der Waals surface area contributed by atoms with Crippen LogP contribution in [0.3, 0.4) is 0 Å². The molecule has 0 aromatic heterocycles. The standard InChI is InChI=1S/C82H143NO8/c1-6-8-10-12-14-16-18-20-22-24-26-28-30-32-33-34-35-36-37-38-39-40-41-42-43-44-45-46-47-49-51-53-55-57-59-61-63-65-67-69-71-73-80(85)91-78(77-90-82(81(86)87)88-75-74-83(3,4)5)76-89-79(84)72-70-68-66-64-62-60-58-56-54-52-50-48-31-29-27-25-23-21-19-17-15-13-11-9-7-2/h8,10,14,16,19-22,25-28,31-33,35-36,48,78,82H,6-7,9,11-13,15,17-18,23-24,29-30,34,37-47,49-77H2,1-5H3/p+1/b10-8-,16-14-,21-19-,22-20-,27-25-,28-26-,33-32-,36-35-,48-31-. The first-order valence-corrected chi connectivity index (χ1v) is 38.1. The smallest absolute Gasteiger partial charge is 0.361 e. The van der Waals surface area contributed by atoms with Crippen LogP contribution in [0, 0.1) is 0 Å². The van der Waals surface area contributed by atoms with Gasteiger partial charge in [-0.3, -0.25) is 9.59 Å². The average Bonchev–Trinajstić information content (AvgIpc) is 3.53. The lowest BCUT2D eigenvalue weighted by Gasteiger charge is -2.25. The van der Waals surface area contributed by atoms with Crippen LogP contribution in [-0.4, -0.2) is 87.4 Å². The summed E-state index contributed by atoms with van der Waals surface area (Å²) >= 11 is 0. The van der Waals surface area contributed by atoms with E-state index in [1.807, 2.05) is 21.1 Å². The molecule has 0 aliphatic rings. The Hall–Kier alpha value is -4.05. The minimum Gasteiger partial charge on any atom is -0.477 e. The quantitative estimate of drug-likeness (QED) is 0.0211. The Bertz CT molecular complexity index is 1870. The molecule has 2 unspecified atom stereocenters. The number of aliphatic carboxylic acids is 1. The van der Waals surface area contributed by atoms with Gasteiger partial charge in [-0.15, -0.1) is 0 Å². The van der Waals surface area contributed by atoms with Crippen LogP contribution in [0.1, 0.15) is 335 Å². The van der Waals surface area contributed by atoms with E-state index < -0.39 is 24.3 Å². The molecule has 9 nitrogen and oxygen atoms in total. The lowest BCUT2D eigenvalue weighted by atomic mass is 10.0. The molecule has 0 rings (SSSR count). The Morgan fingerprint density at radius 3 is 0.934 bits per heavy atom. The van der Waals surface area contributed by atoms with E-state index in [1.54, 1.807) is 0 Å². The number of hydrogen-bond acceptors (Lipinski definition) is 7. The highest BCUT2D eigenvalue weighted by Crippen LogP contribution is 2.18. The van der Waals surface area contributed by atoms with Crippen LogP contribution in [0.5, 0.6) is 0 Å². The van der Waals surface area contributed by atoms with Crippen molar-refractivity contribution in [3.63, 3.8) is 0 Å². The highest BCUT2D eigenvalue weighted by Gasteiger charge is 2.25. The zero-order valence-corrected chi connectivity index (χ0v) is 60.0. The molecular formula is C82H144NO8+. The van der Waals surface area contributed by atoms with Gasteiger partial charge in [0.05, 0.1) is 34.4 Å². The number of allylic oxidation sites excluding steroid dienone is 18. The van der Waals surface area contributed by atoms with Gasteiger partial charge in [-0.25, -0.2) is 4.79 Å². The van der Waals surface area contributed by atoms with E-state index in [0.29, 0.717) is 17.4 Å². The van der Waals surface area contributed by atoms with Crippen LogP contribution >= 0.6 is 0 Å². The number of quaternary nitrogens is 1. The summed E-state index contributed by atoms with van der Waals surface area (Å²) in [5.74, 6) is -2.00. The minimum absolute atomic E-state index is 0.185. The molecule has 0 heterocycles. The van der Waals surface area contributed by atoms with Gasteiger partial charge < -0.3 is 28.5 Å². The second-order valence-corrected chi connectivity index (χ2v) is 26.6. The monoisotopic (exact) mass is 1270 g/mol. The van der Waals surface area contributed by atoms with Crippen LogP contribution in [-0.2, 0) is 33.3 Å². The predicted octanol–water partition coefficient (Wildman–Crippen LogP) is 24.1. The Labute approximate surface area is 562 Å². The highest BCUT2D eigenvalue weighted by molar-refractivity contribution is 5.71. The van der Waals surface area contributed by atoms with Gasteiger partial charge in [0.1, 0.15) is 13.2 Å². The molecule has 0 fully saturated rings. The lowest BCUT2D eigenvalue weighted by molar-refractivity contribution is -0.870. The van der Waals surface area contributed by atoms with Crippen LogP contribution in [0.2, 0.25) is 0 Å². The van der Waals surface area contributed by atoms with Gasteiger partial charge >= 0.3 is 17.9 Å². The van der Waals surface area contributed by atoms with Crippen molar-refractivity contribution in [1.82, 2.24) is 0 Å². The molecule has 91 heavy (non-hydrogen) atoms. The van der Waals surface area contributed by atoms with Crippen LogP contribution < -0.4 is 0 Å². The zero-order chi connectivity index (χ0) is 66.1. The van der Waals surface area contributed by atoms with Crippen molar-refractivity contribution in [3.05, 3.63) is 109 Å². The number of ether oxygens (including phenoxy) is 4. The molecule has 0 saturated heterocycles. The molecule has 0 aromatic carbocycles. The normalized spacial score (nSPS) is 13.3. The molecule has 9 heteroatoms. The van der Waals surface area contributed by atoms with E-state index >= 15 is 0 Å². The van der Waals surface area contributed by atoms with Crippen LogP contribution in [0.15, 0.2) is 109 Å². The van der Waals surface area contributed by atoms with Crippen molar-refractivity contribution >= 4 is 17.9 Å². The molecule has 0 aliphatic heterocycles. The lowest BCUT2D eigenvalue weighted by Crippen LogP contribution is -2.40. The summed E-state index contributed by atoms with van der Waals surface area (Å²) in [4.78, 5) is 37.7. The summed E-state index contributed by atoms with van der Waals surface area (Å²) in [5.41, 5.74) is 0. The number of nitrogens with zero attached hydrogens (tertiary/aromatic N) is 1. The van der Waals surface area contributed by atoms with Crippen molar-refractivity contribution in [2.24, 2.45) is 0 Å². The number of carbonyl (C=O) groups excluding carboxylic acids is 2. The first-order chi connectivity index (χ1) is 44.6. The summed E-state index contributed by atoms with van der Waals surface area (Å²) < 4.78 is 23.0. The molecule has 524 valence electrons. The van der Waals surface area contributed by atoms with E-state index in [0.717, 1.165) is 89.9 Å². The molecule has 2 atom stereocenters. The SMILES string of the molecule is CC/C=C\C/C=C\C/C=C\C/C=C\C/C=C\C/C=C\CCCCCCCCCCCCCCCCCCCCCCCCC(=O)OC(COC(=O)CCCCCCCCCCCC/C=C\C/C=C\C/C=C\CCCCCCC)COC(OCC[N+](C)(C)C)C(=O)O. The Kier molecular flexibility index (Phi) is 68.6. The third kappa shape index (κ3) is 73.2. The summed E-state index contributed by atoms with van der Waals surface area (Å²) in [5, 5.41) is 9.76.